The summed E-state index contributed by atoms with van der Waals surface area (Å²) in [5.74, 6) is 0. The molecule has 2 aromatic heterocycles. The van der Waals surface area contributed by atoms with Crippen molar-refractivity contribution in [3.63, 3.8) is 0 Å². The third kappa shape index (κ3) is 3.86. The molecule has 0 unspecified atom stereocenters. The summed E-state index contributed by atoms with van der Waals surface area (Å²) in [7, 11) is 0. The minimum absolute atomic E-state index is 0.0659. The van der Waals surface area contributed by atoms with E-state index in [1.54, 1.807) is 6.33 Å². The summed E-state index contributed by atoms with van der Waals surface area (Å²) in [6.07, 6.45) is 2.71. The van der Waals surface area contributed by atoms with Crippen molar-refractivity contribution >= 4 is 40.3 Å². The second-order valence-corrected chi connectivity index (χ2v) is 12.8. The van der Waals surface area contributed by atoms with E-state index in [1.165, 1.54) is 29.0 Å². The molecule has 28 heavy (non-hydrogen) atoms. The van der Waals surface area contributed by atoms with E-state index >= 15 is 0 Å². The Morgan fingerprint density at radius 1 is 0.929 bits per heavy atom. The van der Waals surface area contributed by atoms with E-state index in [1.807, 2.05) is 0 Å². The zero-order chi connectivity index (χ0) is 20.1. The van der Waals surface area contributed by atoms with Crippen LogP contribution >= 0.6 is 0 Å². The molecule has 0 radical (unpaired) electrons. The number of hydrogen-bond acceptors (Lipinski definition) is 3. The molecule has 2 aromatic carbocycles. The average molecular weight is 485 g/mol. The fraction of sp³-hybridized carbons (Fsp3) is 0.375. The van der Waals surface area contributed by atoms with Gasteiger partial charge in [-0.15, -0.1) is 0 Å². The van der Waals surface area contributed by atoms with Crippen molar-refractivity contribution in [1.29, 1.82) is 0 Å². The molecular formula is C24H27N3Te. The number of hydrogen-bond donors (Lipinski definition) is 0. The molecule has 2 heterocycles. The van der Waals surface area contributed by atoms with E-state index in [9.17, 15) is 0 Å². The molecule has 3 nitrogen and oxygen atoms in total. The van der Waals surface area contributed by atoms with Crippen molar-refractivity contribution in [2.24, 2.45) is 5.41 Å². The van der Waals surface area contributed by atoms with E-state index in [-0.39, 0.29) is 10.8 Å². The van der Waals surface area contributed by atoms with Crippen LogP contribution in [0.1, 0.15) is 50.8 Å². The number of nitrogens with zero attached hydrogens (tertiary/aromatic N) is 3. The second kappa shape index (κ2) is 6.94. The standard InChI is InChI=1S/C24H27N3Te/c1-23(2,3)13-19-27-22-21(28-19)20(25-14-26-22)16-11-15-9-7-8-10-17(15)18(12-16)24(4,5)6/h7-12,14H,13H2,1-6H3. The number of rotatable bonds is 2. The Morgan fingerprint density at radius 2 is 1.68 bits per heavy atom. The number of fused-ring (bicyclic) bond motifs is 2. The van der Waals surface area contributed by atoms with Crippen LogP contribution in [0.2, 0.25) is 0 Å². The van der Waals surface area contributed by atoms with Gasteiger partial charge in [-0.3, -0.25) is 0 Å². The van der Waals surface area contributed by atoms with Gasteiger partial charge in [0, 0.05) is 0 Å². The van der Waals surface area contributed by atoms with Gasteiger partial charge in [-0.25, -0.2) is 0 Å². The summed E-state index contributed by atoms with van der Waals surface area (Å²) < 4.78 is 2.63. The normalized spacial score (nSPS) is 12.8. The molecule has 0 saturated carbocycles. The maximum atomic E-state index is 4.88. The molecule has 0 aliphatic carbocycles. The van der Waals surface area contributed by atoms with Gasteiger partial charge in [-0.05, 0) is 0 Å². The van der Waals surface area contributed by atoms with Crippen LogP contribution in [0.25, 0.3) is 31.1 Å². The molecule has 0 saturated heterocycles. The van der Waals surface area contributed by atoms with Crippen molar-refractivity contribution in [2.75, 3.05) is 0 Å². The monoisotopic (exact) mass is 487 g/mol. The summed E-state index contributed by atoms with van der Waals surface area (Å²) in [4.78, 5) is 14.1. The van der Waals surface area contributed by atoms with Crippen LogP contribution in [0.5, 0.6) is 0 Å². The number of benzene rings is 2. The van der Waals surface area contributed by atoms with E-state index in [2.05, 4.69) is 82.9 Å². The van der Waals surface area contributed by atoms with E-state index in [0.29, 0.717) is 0 Å². The Balaban J connectivity index is 1.94. The van der Waals surface area contributed by atoms with E-state index in [0.717, 1.165) is 17.8 Å². The molecule has 0 fully saturated rings. The zero-order valence-electron chi connectivity index (χ0n) is 17.5. The van der Waals surface area contributed by atoms with Crippen molar-refractivity contribution < 1.29 is 0 Å². The van der Waals surface area contributed by atoms with Gasteiger partial charge in [0.1, 0.15) is 0 Å². The molecule has 4 aromatic rings. The first-order valence-corrected chi connectivity index (χ1v) is 12.1. The molecular weight excluding hydrogens is 458 g/mol. The van der Waals surface area contributed by atoms with Crippen LogP contribution in [0, 0.1) is 5.41 Å². The summed E-state index contributed by atoms with van der Waals surface area (Å²) in [6, 6.07) is 13.3. The molecule has 0 atom stereocenters. The molecule has 0 bridgehead atoms. The van der Waals surface area contributed by atoms with Gasteiger partial charge >= 0.3 is 177 Å². The summed E-state index contributed by atoms with van der Waals surface area (Å²) in [5, 5.41) is 2.59. The summed E-state index contributed by atoms with van der Waals surface area (Å²) in [6.45, 7) is 13.7. The van der Waals surface area contributed by atoms with Crippen LogP contribution < -0.4 is 0 Å². The van der Waals surface area contributed by atoms with Crippen LogP contribution in [-0.4, -0.2) is 35.4 Å². The van der Waals surface area contributed by atoms with Crippen LogP contribution in [0.15, 0.2) is 42.7 Å². The first-order chi connectivity index (χ1) is 13.1. The third-order valence-corrected chi connectivity index (χ3v) is 7.86. The molecule has 0 amide bonds. The predicted octanol–water partition coefficient (Wildman–Crippen LogP) is 5.79. The number of aromatic nitrogens is 3. The Morgan fingerprint density at radius 3 is 2.39 bits per heavy atom. The van der Waals surface area contributed by atoms with Gasteiger partial charge in [0.15, 0.2) is 0 Å². The minimum atomic E-state index is -0.526. The average Bonchev–Trinajstić information content (AvgIpc) is 3.00. The van der Waals surface area contributed by atoms with Crippen LogP contribution in [0.4, 0.5) is 0 Å². The van der Waals surface area contributed by atoms with E-state index < -0.39 is 20.4 Å². The fourth-order valence-electron chi connectivity index (χ4n) is 3.60. The molecule has 144 valence electrons. The first kappa shape index (κ1) is 19.6. The Labute approximate surface area is 176 Å². The van der Waals surface area contributed by atoms with Gasteiger partial charge in [0.25, 0.3) is 0 Å². The van der Waals surface area contributed by atoms with Crippen molar-refractivity contribution in [3.05, 3.63) is 52.0 Å². The van der Waals surface area contributed by atoms with Crippen LogP contribution in [-0.2, 0) is 11.8 Å². The fourth-order valence-corrected chi connectivity index (χ4v) is 7.39. The summed E-state index contributed by atoms with van der Waals surface area (Å²) in [5.41, 5.74) is 4.85. The second-order valence-electron chi connectivity index (χ2n) is 9.71. The molecule has 0 spiro atoms. The van der Waals surface area contributed by atoms with Crippen molar-refractivity contribution in [1.82, 2.24) is 15.0 Å². The molecule has 4 rings (SSSR count). The quantitative estimate of drug-likeness (QED) is 0.338. The molecule has 0 aliphatic heterocycles. The Kier molecular flexibility index (Phi) is 4.84. The topological polar surface area (TPSA) is 38.7 Å². The Bertz CT molecular complexity index is 1160. The van der Waals surface area contributed by atoms with Gasteiger partial charge in [-0.1, -0.05) is 0 Å². The van der Waals surface area contributed by atoms with Gasteiger partial charge in [-0.2, -0.15) is 0 Å². The SMILES string of the molecule is CC(C)(C)Cc1nc2ncnc(-c3cc(C(C)(C)C)c4ccccc4c3)c2[te]1. The maximum absolute atomic E-state index is 4.88. The summed E-state index contributed by atoms with van der Waals surface area (Å²) >= 11 is -0.526. The van der Waals surface area contributed by atoms with Crippen molar-refractivity contribution in [2.45, 2.75) is 53.4 Å². The van der Waals surface area contributed by atoms with Gasteiger partial charge in [0.2, 0.25) is 0 Å². The third-order valence-electron chi connectivity index (χ3n) is 4.86. The molecule has 0 N–H and O–H groups in total. The zero-order valence-corrected chi connectivity index (χ0v) is 19.8. The van der Waals surface area contributed by atoms with Gasteiger partial charge in [0.05, 0.1) is 0 Å². The predicted molar refractivity (Wildman–Crippen MR) is 119 cm³/mol. The van der Waals surface area contributed by atoms with Crippen LogP contribution in [0.3, 0.4) is 0 Å². The van der Waals surface area contributed by atoms with E-state index in [4.69, 9.17) is 9.97 Å². The molecule has 4 heteroatoms. The Hall–Kier alpha value is -1.76. The molecule has 0 aliphatic rings. The van der Waals surface area contributed by atoms with Crippen molar-refractivity contribution in [3.8, 4) is 11.3 Å². The first-order valence-electron chi connectivity index (χ1n) is 9.76. The van der Waals surface area contributed by atoms with Gasteiger partial charge < -0.3 is 0 Å².